The lowest BCUT2D eigenvalue weighted by atomic mass is 9.99. The Morgan fingerprint density at radius 3 is 2.36 bits per heavy atom. The Labute approximate surface area is 150 Å². The largest absolute Gasteiger partial charge is 0.372 e. The molecular formula is C20H27N5. The molecule has 2 saturated heterocycles. The third-order valence-electron chi connectivity index (χ3n) is 5.34. The van der Waals surface area contributed by atoms with Crippen LogP contribution in [0.3, 0.4) is 0 Å². The van der Waals surface area contributed by atoms with Gasteiger partial charge in [0.1, 0.15) is 5.82 Å². The Bertz CT molecular complexity index is 685. The van der Waals surface area contributed by atoms with Gasteiger partial charge in [0, 0.05) is 43.8 Å². The van der Waals surface area contributed by atoms with E-state index in [4.69, 9.17) is 0 Å². The van der Waals surface area contributed by atoms with E-state index >= 15 is 0 Å². The summed E-state index contributed by atoms with van der Waals surface area (Å²) in [7, 11) is 0. The van der Waals surface area contributed by atoms with Crippen molar-refractivity contribution in [3.63, 3.8) is 0 Å². The van der Waals surface area contributed by atoms with E-state index in [0.29, 0.717) is 5.95 Å². The second-order valence-corrected chi connectivity index (χ2v) is 7.27. The molecule has 0 spiro atoms. The number of aromatic nitrogens is 2. The standard InChI is InChI=1S/C20H27N5/c1-16-9-14-24(15-10-16)18-6-4-17(5-7-18)22-20-21-11-8-19(23-20)25-12-2-3-13-25/h4-8,11,16H,2-3,9-10,12-15H2,1H3,(H,21,22,23). The summed E-state index contributed by atoms with van der Waals surface area (Å²) < 4.78 is 0. The van der Waals surface area contributed by atoms with Crippen LogP contribution in [0.15, 0.2) is 36.5 Å². The highest BCUT2D eigenvalue weighted by Crippen LogP contribution is 2.25. The molecule has 5 nitrogen and oxygen atoms in total. The number of benzene rings is 1. The molecule has 1 aromatic carbocycles. The van der Waals surface area contributed by atoms with Crippen LogP contribution in [0.2, 0.25) is 0 Å². The summed E-state index contributed by atoms with van der Waals surface area (Å²) in [6.45, 7) is 6.86. The van der Waals surface area contributed by atoms with Crippen LogP contribution in [-0.2, 0) is 0 Å². The Hall–Kier alpha value is -2.30. The van der Waals surface area contributed by atoms with Crippen molar-refractivity contribution in [3.8, 4) is 0 Å². The fourth-order valence-corrected chi connectivity index (χ4v) is 3.68. The number of hydrogen-bond acceptors (Lipinski definition) is 5. The normalized spacial score (nSPS) is 18.6. The third kappa shape index (κ3) is 3.86. The molecule has 0 amide bonds. The average molecular weight is 337 g/mol. The molecule has 1 N–H and O–H groups in total. The lowest BCUT2D eigenvalue weighted by molar-refractivity contribution is 0.438. The lowest BCUT2D eigenvalue weighted by Gasteiger charge is -2.32. The zero-order chi connectivity index (χ0) is 17.1. The van der Waals surface area contributed by atoms with Crippen LogP contribution in [0.25, 0.3) is 0 Å². The van der Waals surface area contributed by atoms with E-state index in [-0.39, 0.29) is 0 Å². The maximum Gasteiger partial charge on any atom is 0.229 e. The fraction of sp³-hybridized carbons (Fsp3) is 0.500. The van der Waals surface area contributed by atoms with E-state index in [1.165, 1.54) is 31.4 Å². The van der Waals surface area contributed by atoms with Crippen molar-refractivity contribution in [1.82, 2.24) is 9.97 Å². The van der Waals surface area contributed by atoms with E-state index in [1.54, 1.807) is 0 Å². The third-order valence-corrected chi connectivity index (χ3v) is 5.34. The Kier molecular flexibility index (Phi) is 4.72. The highest BCUT2D eigenvalue weighted by molar-refractivity contribution is 5.60. The van der Waals surface area contributed by atoms with Crippen molar-refractivity contribution in [2.75, 3.05) is 41.3 Å². The van der Waals surface area contributed by atoms with Crippen LogP contribution in [-0.4, -0.2) is 36.1 Å². The summed E-state index contributed by atoms with van der Waals surface area (Å²) in [6.07, 6.45) is 6.92. The van der Waals surface area contributed by atoms with Gasteiger partial charge in [-0.05, 0) is 61.9 Å². The van der Waals surface area contributed by atoms with E-state index in [1.807, 2.05) is 12.3 Å². The van der Waals surface area contributed by atoms with Crippen molar-refractivity contribution in [2.24, 2.45) is 5.92 Å². The topological polar surface area (TPSA) is 44.3 Å². The monoisotopic (exact) mass is 337 g/mol. The SMILES string of the molecule is CC1CCN(c2ccc(Nc3nccc(N4CCCC4)n3)cc2)CC1. The number of rotatable bonds is 4. The molecule has 3 heterocycles. The minimum Gasteiger partial charge on any atom is -0.372 e. The number of nitrogens with one attached hydrogen (secondary N) is 1. The highest BCUT2D eigenvalue weighted by Gasteiger charge is 2.16. The van der Waals surface area contributed by atoms with E-state index < -0.39 is 0 Å². The molecule has 1 aromatic heterocycles. The summed E-state index contributed by atoms with van der Waals surface area (Å²) >= 11 is 0. The minimum absolute atomic E-state index is 0.670. The van der Waals surface area contributed by atoms with Gasteiger partial charge in [0.05, 0.1) is 0 Å². The highest BCUT2D eigenvalue weighted by atomic mass is 15.2. The first-order valence-corrected chi connectivity index (χ1v) is 9.48. The molecule has 0 unspecified atom stereocenters. The number of anilines is 4. The summed E-state index contributed by atoms with van der Waals surface area (Å²) in [5.74, 6) is 2.55. The van der Waals surface area contributed by atoms with Gasteiger partial charge in [-0.2, -0.15) is 4.98 Å². The second kappa shape index (κ2) is 7.30. The van der Waals surface area contributed by atoms with Gasteiger partial charge in [-0.3, -0.25) is 0 Å². The molecular weight excluding hydrogens is 310 g/mol. The predicted octanol–water partition coefficient (Wildman–Crippen LogP) is 4.06. The maximum atomic E-state index is 4.66. The van der Waals surface area contributed by atoms with Crippen LogP contribution >= 0.6 is 0 Å². The molecule has 2 aliphatic heterocycles. The van der Waals surface area contributed by atoms with Crippen molar-refractivity contribution < 1.29 is 0 Å². The van der Waals surface area contributed by atoms with E-state index in [9.17, 15) is 0 Å². The molecule has 2 fully saturated rings. The van der Waals surface area contributed by atoms with E-state index in [2.05, 4.69) is 56.3 Å². The van der Waals surface area contributed by atoms with Gasteiger partial charge in [-0.15, -0.1) is 0 Å². The average Bonchev–Trinajstić information content (AvgIpc) is 3.18. The smallest absolute Gasteiger partial charge is 0.229 e. The molecule has 2 aliphatic rings. The quantitative estimate of drug-likeness (QED) is 0.911. The fourth-order valence-electron chi connectivity index (χ4n) is 3.68. The Balaban J connectivity index is 1.42. The molecule has 2 aromatic rings. The lowest BCUT2D eigenvalue weighted by Crippen LogP contribution is -2.32. The van der Waals surface area contributed by atoms with Crippen LogP contribution < -0.4 is 15.1 Å². The maximum absolute atomic E-state index is 4.66. The van der Waals surface area contributed by atoms with Crippen molar-refractivity contribution in [2.45, 2.75) is 32.6 Å². The van der Waals surface area contributed by atoms with Gasteiger partial charge in [0.15, 0.2) is 0 Å². The van der Waals surface area contributed by atoms with Crippen LogP contribution in [0, 0.1) is 5.92 Å². The van der Waals surface area contributed by atoms with Gasteiger partial charge in [-0.1, -0.05) is 6.92 Å². The molecule has 5 heteroatoms. The first-order chi connectivity index (χ1) is 12.3. The number of piperidine rings is 1. The zero-order valence-corrected chi connectivity index (χ0v) is 15.0. The van der Waals surface area contributed by atoms with Crippen LogP contribution in [0.4, 0.5) is 23.1 Å². The Morgan fingerprint density at radius 1 is 0.920 bits per heavy atom. The number of nitrogens with zero attached hydrogens (tertiary/aromatic N) is 4. The molecule has 0 atom stereocenters. The minimum atomic E-state index is 0.670. The van der Waals surface area contributed by atoms with Gasteiger partial charge < -0.3 is 15.1 Å². The van der Waals surface area contributed by atoms with Crippen LogP contribution in [0.5, 0.6) is 0 Å². The van der Waals surface area contributed by atoms with Gasteiger partial charge in [-0.25, -0.2) is 4.98 Å². The molecule has 25 heavy (non-hydrogen) atoms. The second-order valence-electron chi connectivity index (χ2n) is 7.27. The van der Waals surface area contributed by atoms with Crippen molar-refractivity contribution in [3.05, 3.63) is 36.5 Å². The molecule has 0 saturated carbocycles. The predicted molar refractivity (Wildman–Crippen MR) is 104 cm³/mol. The zero-order valence-electron chi connectivity index (χ0n) is 15.0. The first-order valence-electron chi connectivity index (χ1n) is 9.48. The molecule has 4 rings (SSSR count). The van der Waals surface area contributed by atoms with Crippen LogP contribution in [0.1, 0.15) is 32.6 Å². The summed E-state index contributed by atoms with van der Waals surface area (Å²) in [4.78, 5) is 13.8. The molecule has 0 aliphatic carbocycles. The first kappa shape index (κ1) is 16.2. The summed E-state index contributed by atoms with van der Waals surface area (Å²) in [5, 5.41) is 3.34. The van der Waals surface area contributed by atoms with Gasteiger partial charge in [0.2, 0.25) is 5.95 Å². The summed E-state index contributed by atoms with van der Waals surface area (Å²) in [6, 6.07) is 10.6. The van der Waals surface area contributed by atoms with Gasteiger partial charge in [0.25, 0.3) is 0 Å². The molecule has 132 valence electrons. The van der Waals surface area contributed by atoms with Crippen molar-refractivity contribution in [1.29, 1.82) is 0 Å². The van der Waals surface area contributed by atoms with Crippen molar-refractivity contribution >= 4 is 23.1 Å². The summed E-state index contributed by atoms with van der Waals surface area (Å²) in [5.41, 5.74) is 2.34. The van der Waals surface area contributed by atoms with E-state index in [0.717, 1.165) is 43.6 Å². The van der Waals surface area contributed by atoms with Gasteiger partial charge >= 0.3 is 0 Å². The molecule has 0 radical (unpaired) electrons. The number of hydrogen-bond donors (Lipinski definition) is 1. The Morgan fingerprint density at radius 2 is 1.64 bits per heavy atom. The molecule has 0 bridgehead atoms.